The molecule has 0 saturated heterocycles. The lowest BCUT2D eigenvalue weighted by molar-refractivity contribution is -0.137. The number of nitrogens with zero attached hydrogens (tertiary/aromatic N) is 3. The summed E-state index contributed by atoms with van der Waals surface area (Å²) < 4.78 is 45.0. The molecule has 11 heteroatoms. The van der Waals surface area contributed by atoms with E-state index in [4.69, 9.17) is 9.57 Å². The Labute approximate surface area is 195 Å². The minimum atomic E-state index is -4.42. The van der Waals surface area contributed by atoms with Gasteiger partial charge in [-0.3, -0.25) is 4.79 Å². The van der Waals surface area contributed by atoms with Gasteiger partial charge in [0.05, 0.1) is 29.4 Å². The van der Waals surface area contributed by atoms with E-state index in [2.05, 4.69) is 10.3 Å². The van der Waals surface area contributed by atoms with Gasteiger partial charge in [-0.1, -0.05) is 12.1 Å². The SMILES string of the molecule is CCOn1c(N[C@@H](C)c2ccc(C(F)(F)F)cc2)nc2c(c1=O)CN(C(=O)OC(C)(C)C)CC2. The van der Waals surface area contributed by atoms with Gasteiger partial charge in [0.25, 0.3) is 5.56 Å². The van der Waals surface area contributed by atoms with Gasteiger partial charge in [0.2, 0.25) is 5.95 Å². The number of nitrogens with one attached hydrogen (secondary N) is 1. The molecule has 186 valence electrons. The third kappa shape index (κ3) is 5.81. The van der Waals surface area contributed by atoms with Crippen LogP contribution in [0.1, 0.15) is 63.0 Å². The van der Waals surface area contributed by atoms with Crippen LogP contribution in [0.2, 0.25) is 0 Å². The maximum Gasteiger partial charge on any atom is 0.416 e. The minimum Gasteiger partial charge on any atom is -0.444 e. The largest absolute Gasteiger partial charge is 0.444 e. The lowest BCUT2D eigenvalue weighted by Gasteiger charge is -2.31. The molecular weight excluding hydrogens is 453 g/mol. The number of amides is 1. The number of hydrogen-bond donors (Lipinski definition) is 1. The fraction of sp³-hybridized carbons (Fsp3) is 0.522. The number of ether oxygens (including phenoxy) is 1. The van der Waals surface area contributed by atoms with E-state index >= 15 is 0 Å². The van der Waals surface area contributed by atoms with Crippen LogP contribution in [0.15, 0.2) is 29.1 Å². The van der Waals surface area contributed by atoms with Gasteiger partial charge in [-0.2, -0.15) is 13.2 Å². The first-order chi connectivity index (χ1) is 15.8. The van der Waals surface area contributed by atoms with Gasteiger partial charge in [0.15, 0.2) is 0 Å². The molecule has 1 aliphatic heterocycles. The van der Waals surface area contributed by atoms with Crippen molar-refractivity contribution in [2.75, 3.05) is 18.5 Å². The van der Waals surface area contributed by atoms with Crippen LogP contribution in [0.5, 0.6) is 0 Å². The van der Waals surface area contributed by atoms with Crippen molar-refractivity contribution in [3.8, 4) is 0 Å². The van der Waals surface area contributed by atoms with E-state index in [0.29, 0.717) is 29.8 Å². The van der Waals surface area contributed by atoms with Crippen LogP contribution in [-0.2, 0) is 23.9 Å². The monoisotopic (exact) mass is 482 g/mol. The van der Waals surface area contributed by atoms with Gasteiger partial charge in [0, 0.05) is 13.0 Å². The zero-order valence-corrected chi connectivity index (χ0v) is 19.8. The van der Waals surface area contributed by atoms with Crippen molar-refractivity contribution in [2.45, 2.75) is 65.4 Å². The van der Waals surface area contributed by atoms with Crippen LogP contribution in [0.3, 0.4) is 0 Å². The first kappa shape index (κ1) is 25.4. The number of anilines is 1. The second-order valence-corrected chi connectivity index (χ2v) is 9.02. The third-order valence-corrected chi connectivity index (χ3v) is 5.19. The number of carbonyl (C=O) groups is 1. The Morgan fingerprint density at radius 1 is 1.21 bits per heavy atom. The smallest absolute Gasteiger partial charge is 0.416 e. The second-order valence-electron chi connectivity index (χ2n) is 9.02. The van der Waals surface area contributed by atoms with E-state index in [1.54, 1.807) is 34.6 Å². The number of alkyl halides is 3. The highest BCUT2D eigenvalue weighted by Crippen LogP contribution is 2.30. The highest BCUT2D eigenvalue weighted by atomic mass is 19.4. The summed E-state index contributed by atoms with van der Waals surface area (Å²) in [6, 6.07) is 4.31. The van der Waals surface area contributed by atoms with Crippen LogP contribution < -0.4 is 15.7 Å². The molecule has 0 aliphatic carbocycles. The summed E-state index contributed by atoms with van der Waals surface area (Å²) in [5, 5.41) is 3.07. The molecule has 34 heavy (non-hydrogen) atoms. The Balaban J connectivity index is 1.87. The standard InChI is InChI=1S/C23H29F3N4O4/c1-6-33-30-19(31)17-13-29(21(32)34-22(3,4)5)12-11-18(17)28-20(30)27-14(2)15-7-9-16(10-8-15)23(24,25)26/h7-10,14H,6,11-13H2,1-5H3,(H,27,28)/t14-/m0/s1. The van der Waals surface area contributed by atoms with Crippen molar-refractivity contribution >= 4 is 12.0 Å². The lowest BCUT2D eigenvalue weighted by atomic mass is 10.1. The Morgan fingerprint density at radius 3 is 2.41 bits per heavy atom. The average molecular weight is 483 g/mol. The van der Waals surface area contributed by atoms with Crippen LogP contribution in [-0.4, -0.2) is 39.5 Å². The van der Waals surface area contributed by atoms with Crippen molar-refractivity contribution < 1.29 is 27.5 Å². The molecule has 0 fully saturated rings. The highest BCUT2D eigenvalue weighted by molar-refractivity contribution is 5.68. The molecule has 0 spiro atoms. The summed E-state index contributed by atoms with van der Waals surface area (Å²) in [6.45, 7) is 9.31. The average Bonchev–Trinajstić information content (AvgIpc) is 2.74. The summed E-state index contributed by atoms with van der Waals surface area (Å²) in [5.74, 6) is 0.142. The van der Waals surface area contributed by atoms with Crippen LogP contribution >= 0.6 is 0 Å². The molecule has 0 saturated carbocycles. The number of halogens is 3. The van der Waals surface area contributed by atoms with E-state index < -0.39 is 35.0 Å². The number of rotatable bonds is 5. The topological polar surface area (TPSA) is 85.7 Å². The molecule has 8 nitrogen and oxygen atoms in total. The Hall–Kier alpha value is -3.24. The van der Waals surface area contributed by atoms with Gasteiger partial charge in [-0.15, -0.1) is 4.73 Å². The van der Waals surface area contributed by atoms with Crippen molar-refractivity contribution in [3.05, 3.63) is 57.0 Å². The maximum atomic E-state index is 13.2. The van der Waals surface area contributed by atoms with Crippen molar-refractivity contribution in [1.29, 1.82) is 0 Å². The molecular formula is C23H29F3N4O4. The Bertz CT molecular complexity index is 1090. The molecule has 1 N–H and O–H groups in total. The molecule has 3 rings (SSSR count). The molecule has 1 amide bonds. The fourth-order valence-electron chi connectivity index (χ4n) is 3.52. The molecule has 0 unspecified atom stereocenters. The van der Waals surface area contributed by atoms with Gasteiger partial charge >= 0.3 is 12.3 Å². The van der Waals surface area contributed by atoms with E-state index in [9.17, 15) is 22.8 Å². The second kappa shape index (κ2) is 9.55. The normalized spacial score (nSPS) is 14.9. The van der Waals surface area contributed by atoms with Gasteiger partial charge < -0.3 is 19.8 Å². The summed E-state index contributed by atoms with van der Waals surface area (Å²) in [6.07, 6.45) is -4.59. The molecule has 2 heterocycles. The molecule has 0 radical (unpaired) electrons. The minimum absolute atomic E-state index is 0.0396. The zero-order chi connectivity index (χ0) is 25.3. The summed E-state index contributed by atoms with van der Waals surface area (Å²) >= 11 is 0. The third-order valence-electron chi connectivity index (χ3n) is 5.19. The molecule has 2 aromatic rings. The number of fused-ring (bicyclic) bond motifs is 1. The summed E-state index contributed by atoms with van der Waals surface area (Å²) in [5.41, 5.74) is -0.415. The van der Waals surface area contributed by atoms with Crippen LogP contribution in [0, 0.1) is 0 Å². The molecule has 1 aromatic carbocycles. The van der Waals surface area contributed by atoms with Crippen molar-refractivity contribution in [1.82, 2.24) is 14.6 Å². The quantitative estimate of drug-likeness (QED) is 0.688. The molecule has 1 aromatic heterocycles. The number of carbonyl (C=O) groups excluding carboxylic acids is 1. The Morgan fingerprint density at radius 2 is 1.85 bits per heavy atom. The lowest BCUT2D eigenvalue weighted by Crippen LogP contribution is -2.44. The zero-order valence-electron chi connectivity index (χ0n) is 19.8. The Kier molecular flexibility index (Phi) is 7.13. The fourth-order valence-corrected chi connectivity index (χ4v) is 3.52. The van der Waals surface area contributed by atoms with E-state index in [1.807, 2.05) is 0 Å². The van der Waals surface area contributed by atoms with E-state index in [0.717, 1.165) is 16.9 Å². The number of benzene rings is 1. The highest BCUT2D eigenvalue weighted by Gasteiger charge is 2.31. The van der Waals surface area contributed by atoms with E-state index in [-0.39, 0.29) is 19.1 Å². The summed E-state index contributed by atoms with van der Waals surface area (Å²) in [7, 11) is 0. The van der Waals surface area contributed by atoms with Crippen LogP contribution in [0.4, 0.5) is 23.9 Å². The predicted molar refractivity (Wildman–Crippen MR) is 119 cm³/mol. The van der Waals surface area contributed by atoms with Crippen LogP contribution in [0.25, 0.3) is 0 Å². The molecule has 0 bridgehead atoms. The van der Waals surface area contributed by atoms with Gasteiger partial charge in [-0.05, 0) is 52.3 Å². The first-order valence-corrected chi connectivity index (χ1v) is 11.0. The summed E-state index contributed by atoms with van der Waals surface area (Å²) in [4.78, 5) is 37.2. The first-order valence-electron chi connectivity index (χ1n) is 11.0. The predicted octanol–water partition coefficient (Wildman–Crippen LogP) is 4.18. The van der Waals surface area contributed by atoms with Crippen molar-refractivity contribution in [3.63, 3.8) is 0 Å². The molecule has 1 atom stereocenters. The molecule has 1 aliphatic rings. The van der Waals surface area contributed by atoms with Crippen molar-refractivity contribution in [2.24, 2.45) is 0 Å². The van der Waals surface area contributed by atoms with Gasteiger partial charge in [0.1, 0.15) is 12.2 Å². The maximum absolute atomic E-state index is 13.2. The number of aromatic nitrogens is 2. The van der Waals surface area contributed by atoms with E-state index in [1.165, 1.54) is 17.0 Å². The van der Waals surface area contributed by atoms with Gasteiger partial charge in [-0.25, -0.2) is 9.78 Å². The number of hydrogen-bond acceptors (Lipinski definition) is 6.